The number of halogens is 3. The minimum absolute atomic E-state index is 0.0783. The Labute approximate surface area is 115 Å². The third-order valence-corrected chi connectivity index (χ3v) is 3.27. The van der Waals surface area contributed by atoms with E-state index in [-0.39, 0.29) is 11.9 Å². The predicted molar refractivity (Wildman–Crippen MR) is 72.7 cm³/mol. The second kappa shape index (κ2) is 5.55. The Bertz CT molecular complexity index is 560. The lowest BCUT2D eigenvalue weighted by molar-refractivity contribution is 0.616. The monoisotopic (exact) mass is 284 g/mol. The van der Waals surface area contributed by atoms with E-state index in [0.29, 0.717) is 10.0 Å². The fraction of sp³-hybridized carbons (Fsp3) is 0.154. The van der Waals surface area contributed by atoms with E-state index in [1.54, 1.807) is 18.3 Å². The molecule has 94 valence electrons. The van der Waals surface area contributed by atoms with Crippen LogP contribution in [0.5, 0.6) is 0 Å². The molecule has 5 heteroatoms. The van der Waals surface area contributed by atoms with Gasteiger partial charge in [-0.05, 0) is 36.8 Å². The number of nitrogens with zero attached hydrogens (tertiary/aromatic N) is 1. The van der Waals surface area contributed by atoms with Gasteiger partial charge in [0, 0.05) is 11.9 Å². The van der Waals surface area contributed by atoms with Gasteiger partial charge in [0.2, 0.25) is 0 Å². The highest BCUT2D eigenvalue weighted by atomic mass is 35.5. The molecular formula is C13H11Cl2FN2. The average Bonchev–Trinajstić information content (AvgIpc) is 2.34. The van der Waals surface area contributed by atoms with E-state index in [0.717, 1.165) is 11.3 Å². The molecule has 0 amide bonds. The number of aromatic nitrogens is 1. The van der Waals surface area contributed by atoms with Crippen molar-refractivity contribution >= 4 is 28.9 Å². The maximum absolute atomic E-state index is 13.1. The molecular weight excluding hydrogens is 274 g/mol. The topological polar surface area (TPSA) is 24.9 Å². The molecule has 0 aliphatic rings. The zero-order valence-corrected chi connectivity index (χ0v) is 11.1. The Morgan fingerprint density at radius 1 is 1.17 bits per heavy atom. The van der Waals surface area contributed by atoms with Gasteiger partial charge in [0.1, 0.15) is 5.82 Å². The van der Waals surface area contributed by atoms with Crippen molar-refractivity contribution in [1.82, 2.24) is 4.98 Å². The number of pyridine rings is 1. The van der Waals surface area contributed by atoms with Gasteiger partial charge in [0.25, 0.3) is 0 Å². The number of nitrogens with one attached hydrogen (secondary N) is 1. The van der Waals surface area contributed by atoms with Crippen LogP contribution in [0.3, 0.4) is 0 Å². The molecule has 1 N–H and O–H groups in total. The molecule has 0 spiro atoms. The number of anilines is 1. The maximum Gasteiger partial charge on any atom is 0.141 e. The Kier molecular flexibility index (Phi) is 4.04. The summed E-state index contributed by atoms with van der Waals surface area (Å²) < 4.78 is 13.1. The second-order valence-electron chi connectivity index (χ2n) is 3.93. The van der Waals surface area contributed by atoms with Crippen LogP contribution in [0.1, 0.15) is 18.5 Å². The Morgan fingerprint density at radius 3 is 2.61 bits per heavy atom. The molecule has 1 unspecified atom stereocenters. The summed E-state index contributed by atoms with van der Waals surface area (Å²) in [7, 11) is 0. The van der Waals surface area contributed by atoms with Crippen molar-refractivity contribution in [2.75, 3.05) is 5.32 Å². The van der Waals surface area contributed by atoms with Crippen LogP contribution in [-0.2, 0) is 0 Å². The molecule has 0 radical (unpaired) electrons. The summed E-state index contributed by atoms with van der Waals surface area (Å²) in [6.45, 7) is 1.92. The minimum Gasteiger partial charge on any atom is -0.378 e. The Morgan fingerprint density at radius 2 is 1.94 bits per heavy atom. The summed E-state index contributed by atoms with van der Waals surface area (Å²) in [6, 6.07) is 6.63. The van der Waals surface area contributed by atoms with Gasteiger partial charge >= 0.3 is 0 Å². The van der Waals surface area contributed by atoms with E-state index in [9.17, 15) is 4.39 Å². The van der Waals surface area contributed by atoms with Crippen LogP contribution in [0.2, 0.25) is 10.0 Å². The van der Waals surface area contributed by atoms with Crippen molar-refractivity contribution in [2.45, 2.75) is 13.0 Å². The molecule has 18 heavy (non-hydrogen) atoms. The molecule has 1 heterocycles. The lowest BCUT2D eigenvalue weighted by atomic mass is 10.1. The Hall–Kier alpha value is -1.32. The highest BCUT2D eigenvalue weighted by Gasteiger charge is 2.07. The normalized spacial score (nSPS) is 12.2. The van der Waals surface area contributed by atoms with Gasteiger partial charge in [0.05, 0.1) is 22.3 Å². The lowest BCUT2D eigenvalue weighted by Gasteiger charge is -2.15. The summed E-state index contributed by atoms with van der Waals surface area (Å²) in [6.07, 6.45) is 2.80. The van der Waals surface area contributed by atoms with E-state index >= 15 is 0 Å². The van der Waals surface area contributed by atoms with Gasteiger partial charge in [0.15, 0.2) is 0 Å². The molecule has 1 atom stereocenters. The van der Waals surface area contributed by atoms with Gasteiger partial charge in [-0.25, -0.2) is 4.39 Å². The van der Waals surface area contributed by atoms with Crippen molar-refractivity contribution in [2.24, 2.45) is 0 Å². The van der Waals surface area contributed by atoms with Gasteiger partial charge in [-0.15, -0.1) is 0 Å². The highest BCUT2D eigenvalue weighted by molar-refractivity contribution is 6.42. The van der Waals surface area contributed by atoms with Crippen LogP contribution in [0.4, 0.5) is 10.1 Å². The zero-order valence-electron chi connectivity index (χ0n) is 9.62. The summed E-state index contributed by atoms with van der Waals surface area (Å²) in [5.41, 5.74) is 1.59. The highest BCUT2D eigenvalue weighted by Crippen LogP contribution is 2.27. The van der Waals surface area contributed by atoms with Crippen molar-refractivity contribution in [1.29, 1.82) is 0 Å². The molecule has 0 aliphatic heterocycles. The third-order valence-electron chi connectivity index (χ3n) is 2.53. The largest absolute Gasteiger partial charge is 0.378 e. The predicted octanol–water partition coefficient (Wildman–Crippen LogP) is 4.70. The molecule has 2 nitrogen and oxygen atoms in total. The fourth-order valence-electron chi connectivity index (χ4n) is 1.58. The summed E-state index contributed by atoms with van der Waals surface area (Å²) >= 11 is 11.8. The zero-order chi connectivity index (χ0) is 13.1. The van der Waals surface area contributed by atoms with E-state index in [1.165, 1.54) is 12.3 Å². The van der Waals surface area contributed by atoms with E-state index in [4.69, 9.17) is 23.2 Å². The number of benzene rings is 1. The first-order valence-corrected chi connectivity index (χ1v) is 6.14. The third kappa shape index (κ3) is 3.12. The molecule has 2 aromatic rings. The Balaban J connectivity index is 2.16. The molecule has 0 bridgehead atoms. The molecule has 1 aromatic carbocycles. The van der Waals surface area contributed by atoms with Crippen LogP contribution in [0.15, 0.2) is 36.7 Å². The van der Waals surface area contributed by atoms with Crippen molar-refractivity contribution in [3.63, 3.8) is 0 Å². The standard InChI is InChI=1S/C13H11Cl2FN2/c1-8(9-4-10(16)7-17-6-9)18-11-2-3-12(14)13(15)5-11/h2-8,18H,1H3. The maximum atomic E-state index is 13.1. The van der Waals surface area contributed by atoms with Gasteiger partial charge in [-0.3, -0.25) is 4.98 Å². The molecule has 0 aliphatic carbocycles. The molecule has 2 rings (SSSR count). The van der Waals surface area contributed by atoms with Crippen LogP contribution in [-0.4, -0.2) is 4.98 Å². The molecule has 1 aromatic heterocycles. The van der Waals surface area contributed by atoms with Gasteiger partial charge in [-0.2, -0.15) is 0 Å². The van der Waals surface area contributed by atoms with E-state index in [2.05, 4.69) is 10.3 Å². The SMILES string of the molecule is CC(Nc1ccc(Cl)c(Cl)c1)c1cncc(F)c1. The summed E-state index contributed by atoms with van der Waals surface area (Å²) in [4.78, 5) is 3.82. The fourth-order valence-corrected chi connectivity index (χ4v) is 1.88. The van der Waals surface area contributed by atoms with E-state index in [1.807, 2.05) is 13.0 Å². The minimum atomic E-state index is -0.352. The van der Waals surface area contributed by atoms with Gasteiger partial charge < -0.3 is 5.32 Å². The first-order valence-electron chi connectivity index (χ1n) is 5.38. The quantitative estimate of drug-likeness (QED) is 0.884. The van der Waals surface area contributed by atoms with Gasteiger partial charge in [-0.1, -0.05) is 23.2 Å². The second-order valence-corrected chi connectivity index (χ2v) is 4.75. The smallest absolute Gasteiger partial charge is 0.141 e. The average molecular weight is 285 g/mol. The summed E-state index contributed by atoms with van der Waals surface area (Å²) in [5.74, 6) is -0.352. The molecule has 0 saturated heterocycles. The van der Waals surface area contributed by atoms with E-state index < -0.39 is 0 Å². The van der Waals surface area contributed by atoms with Crippen LogP contribution in [0.25, 0.3) is 0 Å². The van der Waals surface area contributed by atoms with Crippen LogP contribution in [0, 0.1) is 5.82 Å². The van der Waals surface area contributed by atoms with Crippen molar-refractivity contribution < 1.29 is 4.39 Å². The van der Waals surface area contributed by atoms with Crippen molar-refractivity contribution in [3.8, 4) is 0 Å². The number of hydrogen-bond acceptors (Lipinski definition) is 2. The number of rotatable bonds is 3. The first-order chi connectivity index (χ1) is 8.56. The lowest BCUT2D eigenvalue weighted by Crippen LogP contribution is -2.07. The summed E-state index contributed by atoms with van der Waals surface area (Å²) in [5, 5.41) is 4.18. The van der Waals surface area contributed by atoms with Crippen molar-refractivity contribution in [3.05, 3.63) is 58.1 Å². The first kappa shape index (κ1) is 13.1. The molecule has 0 fully saturated rings. The molecule has 0 saturated carbocycles. The number of hydrogen-bond donors (Lipinski definition) is 1. The van der Waals surface area contributed by atoms with Crippen LogP contribution >= 0.6 is 23.2 Å². The van der Waals surface area contributed by atoms with Crippen LogP contribution < -0.4 is 5.32 Å².